The molecule has 0 spiro atoms. The lowest BCUT2D eigenvalue weighted by atomic mass is 10.1. The van der Waals surface area contributed by atoms with Crippen LogP contribution in [0.4, 0.5) is 11.4 Å². The van der Waals surface area contributed by atoms with Crippen LogP contribution in [0.5, 0.6) is 0 Å². The molecule has 0 saturated carbocycles. The van der Waals surface area contributed by atoms with Crippen molar-refractivity contribution in [2.45, 2.75) is 6.42 Å². The highest BCUT2D eigenvalue weighted by Crippen LogP contribution is 2.23. The molecule has 0 aromatic heterocycles. The number of nitrogens with zero attached hydrogens (tertiary/aromatic N) is 2. The topological polar surface area (TPSA) is 44.7 Å². The van der Waals surface area contributed by atoms with E-state index in [4.69, 9.17) is 0 Å². The maximum Gasteiger partial charge on any atom is 0.235 e. The fraction of sp³-hybridized carbons (Fsp3) is 0.222. The molecule has 4 heteroatoms. The fourth-order valence-corrected chi connectivity index (χ4v) is 2.63. The molecule has 1 aliphatic rings. The highest BCUT2D eigenvalue weighted by atomic mass is 16.2. The Bertz CT molecular complexity index is 667. The van der Waals surface area contributed by atoms with Crippen molar-refractivity contribution in [1.82, 2.24) is 4.90 Å². The first kappa shape index (κ1) is 14.3. The molecule has 1 amide bonds. The smallest absolute Gasteiger partial charge is 0.235 e. The second kappa shape index (κ2) is 6.43. The van der Waals surface area contributed by atoms with Gasteiger partial charge in [-0.05, 0) is 30.7 Å². The summed E-state index contributed by atoms with van der Waals surface area (Å²) in [6.45, 7) is 0.846. The predicted molar refractivity (Wildman–Crippen MR) is 89.3 cm³/mol. The maximum atomic E-state index is 12.5. The Morgan fingerprint density at radius 2 is 1.73 bits per heavy atom. The minimum atomic E-state index is -0.203. The lowest BCUT2D eigenvalue weighted by molar-refractivity contribution is -0.117. The molecule has 1 aliphatic heterocycles. The number of aliphatic imine (C=N–C) groups is 1. The highest BCUT2D eigenvalue weighted by molar-refractivity contribution is 6.10. The van der Waals surface area contributed by atoms with Crippen molar-refractivity contribution >= 4 is 23.1 Å². The molecule has 0 bridgehead atoms. The molecule has 0 aliphatic carbocycles. The van der Waals surface area contributed by atoms with Gasteiger partial charge in [-0.25, -0.2) is 4.99 Å². The van der Waals surface area contributed by atoms with Crippen LogP contribution in [-0.4, -0.2) is 30.2 Å². The lowest BCUT2D eigenvalue weighted by Crippen LogP contribution is -2.31. The van der Waals surface area contributed by atoms with Gasteiger partial charge >= 0.3 is 0 Å². The number of benzene rings is 2. The number of anilines is 1. The van der Waals surface area contributed by atoms with Gasteiger partial charge in [-0.2, -0.15) is 0 Å². The molecule has 2 aromatic rings. The number of para-hydroxylation sites is 2. The van der Waals surface area contributed by atoms with Gasteiger partial charge in [0.05, 0.1) is 11.6 Å². The molecular weight excluding hydrogens is 274 g/mol. The van der Waals surface area contributed by atoms with Crippen molar-refractivity contribution < 1.29 is 4.79 Å². The highest BCUT2D eigenvalue weighted by Gasteiger charge is 2.33. The van der Waals surface area contributed by atoms with Gasteiger partial charge in [0.25, 0.3) is 0 Å². The zero-order valence-electron chi connectivity index (χ0n) is 12.6. The average molecular weight is 293 g/mol. The van der Waals surface area contributed by atoms with E-state index in [9.17, 15) is 4.79 Å². The molecule has 1 heterocycles. The molecule has 1 saturated heterocycles. The Labute approximate surface area is 130 Å². The lowest BCUT2D eigenvalue weighted by Gasteiger charge is -2.16. The normalized spacial score (nSPS) is 19.4. The first-order valence-corrected chi connectivity index (χ1v) is 7.45. The first-order chi connectivity index (χ1) is 10.7. The summed E-state index contributed by atoms with van der Waals surface area (Å²) in [6.07, 6.45) is 0.792. The Balaban J connectivity index is 1.80. The third-order valence-electron chi connectivity index (χ3n) is 3.81. The summed E-state index contributed by atoms with van der Waals surface area (Å²) in [7, 11) is 1.98. The third-order valence-corrected chi connectivity index (χ3v) is 3.81. The molecule has 1 unspecified atom stereocenters. The van der Waals surface area contributed by atoms with E-state index in [0.717, 1.165) is 30.2 Å². The summed E-state index contributed by atoms with van der Waals surface area (Å²) < 4.78 is 0. The third kappa shape index (κ3) is 3.17. The molecule has 1 atom stereocenters. The fourth-order valence-electron chi connectivity index (χ4n) is 2.63. The van der Waals surface area contributed by atoms with Gasteiger partial charge in [-0.15, -0.1) is 0 Å². The standard InChI is InChI=1S/C18H19N3O/c1-21-13-12-16(17(21)19-14-8-4-2-5-9-14)18(22)20-15-10-6-3-7-11-15/h2-11,16H,12-13H2,1H3,(H,20,22). The van der Waals surface area contributed by atoms with Crippen molar-refractivity contribution in [3.63, 3.8) is 0 Å². The largest absolute Gasteiger partial charge is 0.362 e. The van der Waals surface area contributed by atoms with Crippen LogP contribution >= 0.6 is 0 Å². The minimum absolute atomic E-state index is 0.00484. The van der Waals surface area contributed by atoms with Crippen LogP contribution in [0.3, 0.4) is 0 Å². The number of hydrogen-bond donors (Lipinski definition) is 1. The summed E-state index contributed by atoms with van der Waals surface area (Å²) in [6, 6.07) is 19.3. The number of likely N-dealkylation sites (tertiary alicyclic amines) is 1. The van der Waals surface area contributed by atoms with E-state index in [1.165, 1.54) is 0 Å². The van der Waals surface area contributed by atoms with Crippen LogP contribution < -0.4 is 5.32 Å². The summed E-state index contributed by atoms with van der Waals surface area (Å²) in [4.78, 5) is 19.3. The first-order valence-electron chi connectivity index (χ1n) is 7.45. The van der Waals surface area contributed by atoms with E-state index in [0.29, 0.717) is 0 Å². The van der Waals surface area contributed by atoms with Crippen LogP contribution in [0.15, 0.2) is 65.7 Å². The maximum absolute atomic E-state index is 12.5. The zero-order valence-corrected chi connectivity index (χ0v) is 12.6. The summed E-state index contributed by atoms with van der Waals surface area (Å²) >= 11 is 0. The molecule has 112 valence electrons. The van der Waals surface area contributed by atoms with Crippen LogP contribution in [-0.2, 0) is 4.79 Å². The Kier molecular flexibility index (Phi) is 4.19. The van der Waals surface area contributed by atoms with Gasteiger partial charge in [-0.1, -0.05) is 36.4 Å². The SMILES string of the molecule is CN1CCC(C(=O)Nc2ccccc2)C1=Nc1ccccc1. The van der Waals surface area contributed by atoms with Crippen LogP contribution in [0.2, 0.25) is 0 Å². The molecule has 3 rings (SSSR count). The van der Waals surface area contributed by atoms with E-state index in [-0.39, 0.29) is 11.8 Å². The summed E-state index contributed by atoms with van der Waals surface area (Å²) in [5.41, 5.74) is 1.70. The molecular formula is C18H19N3O. The number of nitrogens with one attached hydrogen (secondary N) is 1. The number of carbonyl (C=O) groups is 1. The summed E-state index contributed by atoms with van der Waals surface area (Å²) in [5, 5.41) is 2.97. The summed E-state index contributed by atoms with van der Waals surface area (Å²) in [5.74, 6) is 0.635. The Hall–Kier alpha value is -2.62. The Morgan fingerprint density at radius 1 is 1.09 bits per heavy atom. The van der Waals surface area contributed by atoms with Crippen molar-refractivity contribution in [3.05, 3.63) is 60.7 Å². The van der Waals surface area contributed by atoms with Gasteiger partial charge < -0.3 is 10.2 Å². The number of carbonyl (C=O) groups excluding carboxylic acids is 1. The second-order valence-electron chi connectivity index (χ2n) is 5.42. The molecule has 0 radical (unpaired) electrons. The van der Waals surface area contributed by atoms with Crippen molar-refractivity contribution in [3.8, 4) is 0 Å². The van der Waals surface area contributed by atoms with Gasteiger partial charge in [0.2, 0.25) is 5.91 Å². The van der Waals surface area contributed by atoms with Gasteiger partial charge in [0.15, 0.2) is 0 Å². The number of hydrogen-bond acceptors (Lipinski definition) is 2. The van der Waals surface area contributed by atoms with Crippen LogP contribution in [0.1, 0.15) is 6.42 Å². The van der Waals surface area contributed by atoms with Gasteiger partial charge in [-0.3, -0.25) is 4.79 Å². The van der Waals surface area contributed by atoms with Crippen molar-refractivity contribution in [2.75, 3.05) is 18.9 Å². The predicted octanol–water partition coefficient (Wildman–Crippen LogP) is 3.31. The Morgan fingerprint density at radius 3 is 2.41 bits per heavy atom. The molecule has 2 aromatic carbocycles. The van der Waals surface area contributed by atoms with E-state index in [2.05, 4.69) is 15.2 Å². The average Bonchev–Trinajstić information content (AvgIpc) is 2.90. The van der Waals surface area contributed by atoms with E-state index in [1.807, 2.05) is 67.7 Å². The number of amidine groups is 1. The molecule has 22 heavy (non-hydrogen) atoms. The zero-order chi connectivity index (χ0) is 15.4. The monoisotopic (exact) mass is 293 g/mol. The molecule has 4 nitrogen and oxygen atoms in total. The molecule has 1 fully saturated rings. The van der Waals surface area contributed by atoms with E-state index < -0.39 is 0 Å². The number of rotatable bonds is 3. The second-order valence-corrected chi connectivity index (χ2v) is 5.42. The van der Waals surface area contributed by atoms with Crippen molar-refractivity contribution in [2.24, 2.45) is 10.9 Å². The number of amides is 1. The van der Waals surface area contributed by atoms with Crippen LogP contribution in [0, 0.1) is 5.92 Å². The van der Waals surface area contributed by atoms with Crippen molar-refractivity contribution in [1.29, 1.82) is 0 Å². The van der Waals surface area contributed by atoms with E-state index in [1.54, 1.807) is 0 Å². The van der Waals surface area contributed by atoms with Gasteiger partial charge in [0.1, 0.15) is 5.84 Å². The van der Waals surface area contributed by atoms with Gasteiger partial charge in [0, 0.05) is 19.3 Å². The minimum Gasteiger partial charge on any atom is -0.362 e. The van der Waals surface area contributed by atoms with E-state index >= 15 is 0 Å². The molecule has 1 N–H and O–H groups in total. The quantitative estimate of drug-likeness (QED) is 0.943. The van der Waals surface area contributed by atoms with Crippen LogP contribution in [0.25, 0.3) is 0 Å².